The van der Waals surface area contributed by atoms with Crippen molar-refractivity contribution < 1.29 is 43.0 Å². The number of nitrogens with two attached hydrogens (primary N) is 3. The molecule has 0 aliphatic carbocycles. The molecular weight excluding hydrogens is 861 g/mol. The van der Waals surface area contributed by atoms with Crippen LogP contribution < -0.4 is 48.5 Å². The Morgan fingerprint density at radius 2 is 0.985 bits per heavy atom. The number of hydrazone groups is 1. The van der Waals surface area contributed by atoms with Crippen LogP contribution >= 0.6 is 0 Å². The van der Waals surface area contributed by atoms with Crippen LogP contribution in [0, 0.1) is 27.7 Å². The highest BCUT2D eigenvalue weighted by Gasteiger charge is 2.35. The predicted octanol–water partition coefficient (Wildman–Crippen LogP) is 5.26. The largest absolute Gasteiger partial charge is 0.496 e. The molecule has 0 saturated heterocycles. The van der Waals surface area contributed by atoms with Gasteiger partial charge in [0, 0.05) is 33.4 Å². The number of hydrazine groups is 3. The van der Waals surface area contributed by atoms with Crippen LogP contribution in [0.15, 0.2) is 77.9 Å². The first-order valence-electron chi connectivity index (χ1n) is 21.0. The van der Waals surface area contributed by atoms with E-state index in [4.69, 9.17) is 15.2 Å². The number of amides is 8. The van der Waals surface area contributed by atoms with Crippen molar-refractivity contribution >= 4 is 48.2 Å². The van der Waals surface area contributed by atoms with Crippen molar-refractivity contribution in [3.05, 3.63) is 128 Å². The van der Waals surface area contributed by atoms with Crippen LogP contribution in [-0.2, 0) is 17.6 Å². The summed E-state index contributed by atoms with van der Waals surface area (Å²) in [5.41, 5.74) is 23.0. The van der Waals surface area contributed by atoms with Gasteiger partial charge in [-0.1, -0.05) is 60.4 Å². The van der Waals surface area contributed by atoms with Crippen molar-refractivity contribution in [3.63, 3.8) is 0 Å². The summed E-state index contributed by atoms with van der Waals surface area (Å²) in [7, 11) is 3.08. The van der Waals surface area contributed by atoms with Gasteiger partial charge < -0.3 is 25.7 Å². The Bertz CT molecular complexity index is 2430. The van der Waals surface area contributed by atoms with Crippen LogP contribution in [0.25, 0.3) is 0 Å². The Balaban J connectivity index is 0.000000420. The Kier molecular flexibility index (Phi) is 20.7. The lowest BCUT2D eigenvalue weighted by atomic mass is 10.0. The number of hydrogen-bond donors (Lipinski definition) is 7. The minimum atomic E-state index is -1.24. The van der Waals surface area contributed by atoms with Gasteiger partial charge in [0.15, 0.2) is 0 Å². The highest BCUT2D eigenvalue weighted by atomic mass is 16.5. The number of primary amides is 2. The summed E-state index contributed by atoms with van der Waals surface area (Å²) in [6, 6.07) is 19.6. The van der Waals surface area contributed by atoms with Crippen LogP contribution in [0.3, 0.4) is 0 Å². The van der Waals surface area contributed by atoms with E-state index in [1.807, 2.05) is 53.7 Å². The van der Waals surface area contributed by atoms with Gasteiger partial charge in [-0.2, -0.15) is 5.10 Å². The van der Waals surface area contributed by atoms with Gasteiger partial charge in [-0.25, -0.2) is 30.9 Å². The second-order valence-corrected chi connectivity index (χ2v) is 16.3. The molecule has 0 aliphatic heterocycles. The molecule has 0 spiro atoms. The quantitative estimate of drug-likeness (QED) is 0.0300. The van der Waals surface area contributed by atoms with Crippen molar-refractivity contribution in [2.24, 2.45) is 22.4 Å². The molecule has 0 heterocycles. The summed E-state index contributed by atoms with van der Waals surface area (Å²) in [6.07, 6.45) is 3.10. The zero-order valence-electron chi connectivity index (χ0n) is 40.2. The van der Waals surface area contributed by atoms with E-state index in [2.05, 4.69) is 33.0 Å². The summed E-state index contributed by atoms with van der Waals surface area (Å²) in [4.78, 5) is 85.2. The maximum Gasteiger partial charge on any atom is 0.332 e. The molecule has 19 nitrogen and oxygen atoms in total. The molecule has 4 aromatic rings. The number of carbonyl (C=O) groups excluding carboxylic acids is 7. The molecule has 0 aromatic heterocycles. The molecule has 360 valence electrons. The summed E-state index contributed by atoms with van der Waals surface area (Å²) in [5.74, 6) is 3.78. The number of rotatable bonds is 13. The molecule has 10 N–H and O–H groups in total. The van der Waals surface area contributed by atoms with Gasteiger partial charge in [0.1, 0.15) is 23.3 Å². The first-order chi connectivity index (χ1) is 31.4. The van der Waals surface area contributed by atoms with Crippen LogP contribution in [0.5, 0.6) is 11.5 Å². The predicted molar refractivity (Wildman–Crippen MR) is 256 cm³/mol. The standard InChI is InChI=1S/C24H31N5O4.C23H28N2O4.CH5N3O/c1-7-18-19(9-8-10-20(18)33-6)21(30)28-29(24(4,5)14-26-27-23(25)32)22(31)17-12-15(2)11-16(3)13-17;1-7-18-19(9-8-10-20(18)29-6)21(27)24-25(23(4,5)14-26)22(28)17-12-15(2)11-16(3)13-17;2-1(5)4-3/h8-14H,7H2,1-6H3,(H,28,30)(H3,25,27,32);8-14H,7H2,1-6H3,(H,24,27);3H2,(H3,2,4,5)/b26-14+;;. The van der Waals surface area contributed by atoms with Crippen molar-refractivity contribution in [2.45, 2.75) is 93.2 Å². The van der Waals surface area contributed by atoms with Crippen molar-refractivity contribution in [1.29, 1.82) is 0 Å². The molecule has 0 aliphatic rings. The maximum atomic E-state index is 13.6. The average Bonchev–Trinajstić information content (AvgIpc) is 3.27. The van der Waals surface area contributed by atoms with E-state index in [1.165, 1.54) is 18.3 Å². The van der Waals surface area contributed by atoms with Gasteiger partial charge in [-0.05, 0) is 117 Å². The average molecular weight is 925 g/mol. The van der Waals surface area contributed by atoms with Gasteiger partial charge in [0.05, 0.1) is 26.0 Å². The van der Waals surface area contributed by atoms with Crippen molar-refractivity contribution in [1.82, 2.24) is 31.7 Å². The third-order valence-corrected chi connectivity index (χ3v) is 9.81. The lowest BCUT2D eigenvalue weighted by Gasteiger charge is -2.35. The van der Waals surface area contributed by atoms with E-state index in [1.54, 1.807) is 101 Å². The fourth-order valence-electron chi connectivity index (χ4n) is 6.72. The fraction of sp³-hybridized carbons (Fsp3) is 0.333. The number of ether oxygens (including phenoxy) is 2. The fourth-order valence-corrected chi connectivity index (χ4v) is 6.72. The third kappa shape index (κ3) is 15.7. The number of aryl methyl sites for hydroxylation is 4. The van der Waals surface area contributed by atoms with E-state index >= 15 is 0 Å². The normalized spacial score (nSPS) is 10.8. The monoisotopic (exact) mass is 924 g/mol. The number of methoxy groups -OCH3 is 2. The van der Waals surface area contributed by atoms with Crippen LogP contribution in [0.1, 0.15) is 116 Å². The second kappa shape index (κ2) is 25.0. The Morgan fingerprint density at radius 3 is 1.28 bits per heavy atom. The van der Waals surface area contributed by atoms with Crippen molar-refractivity contribution in [3.8, 4) is 11.5 Å². The molecule has 0 fully saturated rings. The maximum absolute atomic E-state index is 13.6. The van der Waals surface area contributed by atoms with Gasteiger partial charge in [0.25, 0.3) is 23.6 Å². The molecule has 4 aromatic carbocycles. The molecule has 4 rings (SSSR count). The number of aldehydes is 1. The van der Waals surface area contributed by atoms with Gasteiger partial charge in [-0.3, -0.25) is 35.5 Å². The first-order valence-corrected chi connectivity index (χ1v) is 21.0. The molecule has 0 unspecified atom stereocenters. The SMILES string of the molecule is CCc1c(OC)cccc1C(=O)NN(C(=O)c1cc(C)cc(C)c1)C(C)(C)/C=N/NC(N)=O.CCc1c(OC)cccc1C(=O)NN(C(=O)c1cc(C)cc(C)c1)C(C)(C)C=O.NNC(N)=O. The summed E-state index contributed by atoms with van der Waals surface area (Å²) in [6.45, 7) is 17.9. The van der Waals surface area contributed by atoms with E-state index in [0.29, 0.717) is 52.9 Å². The number of nitrogens with one attached hydrogen (secondary N) is 4. The topological polar surface area (TPSA) is 283 Å². The van der Waals surface area contributed by atoms with Gasteiger partial charge in [0.2, 0.25) is 0 Å². The van der Waals surface area contributed by atoms with E-state index < -0.39 is 46.8 Å². The minimum Gasteiger partial charge on any atom is -0.496 e. The lowest BCUT2D eigenvalue weighted by molar-refractivity contribution is -0.116. The van der Waals surface area contributed by atoms with Crippen LogP contribution in [0.2, 0.25) is 0 Å². The number of urea groups is 2. The minimum absolute atomic E-state index is 0.387. The molecule has 0 atom stereocenters. The molecule has 0 bridgehead atoms. The smallest absolute Gasteiger partial charge is 0.332 e. The van der Waals surface area contributed by atoms with E-state index in [-0.39, 0.29) is 0 Å². The number of benzene rings is 4. The van der Waals surface area contributed by atoms with Crippen LogP contribution in [-0.4, -0.2) is 83.5 Å². The van der Waals surface area contributed by atoms with E-state index in [9.17, 15) is 33.6 Å². The number of carbonyl (C=O) groups is 7. The Hall–Kier alpha value is -7.80. The summed E-state index contributed by atoms with van der Waals surface area (Å²) < 4.78 is 10.7. The summed E-state index contributed by atoms with van der Waals surface area (Å²) >= 11 is 0. The Labute approximate surface area is 391 Å². The molecule has 0 radical (unpaired) electrons. The number of hydrogen-bond acceptors (Lipinski definition) is 11. The zero-order valence-corrected chi connectivity index (χ0v) is 40.2. The Morgan fingerprint density at radius 1 is 0.627 bits per heavy atom. The molecule has 19 heteroatoms. The molecular formula is C48H64N10O9. The van der Waals surface area contributed by atoms with Gasteiger partial charge in [-0.15, -0.1) is 0 Å². The highest BCUT2D eigenvalue weighted by molar-refractivity contribution is 6.03. The molecule has 8 amide bonds. The van der Waals surface area contributed by atoms with E-state index in [0.717, 1.165) is 38.4 Å². The van der Waals surface area contributed by atoms with Crippen LogP contribution in [0.4, 0.5) is 9.59 Å². The number of nitrogens with zero attached hydrogens (tertiary/aromatic N) is 3. The lowest BCUT2D eigenvalue weighted by Crippen LogP contribution is -2.58. The first kappa shape index (κ1) is 55.3. The van der Waals surface area contributed by atoms with Crippen molar-refractivity contribution in [2.75, 3.05) is 14.2 Å². The third-order valence-electron chi connectivity index (χ3n) is 9.81. The summed E-state index contributed by atoms with van der Waals surface area (Å²) in [5, 5.41) is 6.08. The molecule has 67 heavy (non-hydrogen) atoms. The highest BCUT2D eigenvalue weighted by Crippen LogP contribution is 2.26. The molecule has 0 saturated carbocycles. The van der Waals surface area contributed by atoms with Gasteiger partial charge >= 0.3 is 12.1 Å². The second-order valence-electron chi connectivity index (χ2n) is 16.3. The zero-order chi connectivity index (χ0) is 50.8.